The minimum atomic E-state index is -3.03. The maximum Gasteiger partial charge on any atom is 0.234 e. The van der Waals surface area contributed by atoms with Crippen molar-refractivity contribution in [1.29, 1.82) is 0 Å². The number of hydrogen-bond donors (Lipinski definition) is 1. The molecule has 0 saturated carbocycles. The number of carbonyl (C=O) groups excluding carboxylic acids is 1. The molecule has 7 nitrogen and oxygen atoms in total. The highest BCUT2D eigenvalue weighted by molar-refractivity contribution is 7.91. The summed E-state index contributed by atoms with van der Waals surface area (Å²) in [4.78, 5) is 16.8. The van der Waals surface area contributed by atoms with Crippen LogP contribution >= 0.6 is 0 Å². The summed E-state index contributed by atoms with van der Waals surface area (Å²) in [7, 11) is -3.03. The fraction of sp³-hybridized carbons (Fsp3) is 0.632. The van der Waals surface area contributed by atoms with E-state index in [9.17, 15) is 13.2 Å². The van der Waals surface area contributed by atoms with E-state index in [1.165, 1.54) is 0 Å². The van der Waals surface area contributed by atoms with Crippen LogP contribution in [0.25, 0.3) is 0 Å². The molecule has 0 bridgehead atoms. The third kappa shape index (κ3) is 5.13. The molecule has 0 aliphatic carbocycles. The van der Waals surface area contributed by atoms with Crippen LogP contribution < -0.4 is 15.0 Å². The minimum Gasteiger partial charge on any atom is -0.492 e. The van der Waals surface area contributed by atoms with Crippen molar-refractivity contribution in [2.45, 2.75) is 25.8 Å². The molecule has 1 N–H and O–H groups in total. The van der Waals surface area contributed by atoms with Crippen molar-refractivity contribution in [3.63, 3.8) is 0 Å². The van der Waals surface area contributed by atoms with E-state index in [1.807, 2.05) is 32.0 Å². The Morgan fingerprint density at radius 3 is 2.56 bits per heavy atom. The highest BCUT2D eigenvalue weighted by Crippen LogP contribution is 2.29. The van der Waals surface area contributed by atoms with Crippen LogP contribution in [0.15, 0.2) is 24.3 Å². The molecule has 1 aromatic carbocycles. The Balaban J connectivity index is 1.51. The van der Waals surface area contributed by atoms with Gasteiger partial charge in [-0.1, -0.05) is 12.1 Å². The standard InChI is InChI=1S/C19H29N3O4S/c1-3-26-17-7-5-4-6-16(17)22-11-9-21(10-12-22)14-18(23)20-19(2)8-13-27(24,25)15-19/h4-7H,3,8-15H2,1-2H3,(H,20,23)/t19-/m1/s1. The van der Waals surface area contributed by atoms with E-state index >= 15 is 0 Å². The van der Waals surface area contributed by atoms with Gasteiger partial charge in [-0.15, -0.1) is 0 Å². The molecule has 2 fully saturated rings. The maximum absolute atomic E-state index is 12.4. The minimum absolute atomic E-state index is 0.0354. The van der Waals surface area contributed by atoms with Gasteiger partial charge in [-0.2, -0.15) is 0 Å². The number of carbonyl (C=O) groups is 1. The van der Waals surface area contributed by atoms with Gasteiger partial charge in [-0.05, 0) is 32.4 Å². The van der Waals surface area contributed by atoms with E-state index in [2.05, 4.69) is 21.2 Å². The Morgan fingerprint density at radius 1 is 1.22 bits per heavy atom. The molecule has 3 rings (SSSR count). The third-order valence-corrected chi connectivity index (χ3v) is 7.09. The number of sulfone groups is 1. The zero-order chi connectivity index (χ0) is 19.5. The van der Waals surface area contributed by atoms with Gasteiger partial charge >= 0.3 is 0 Å². The second-order valence-corrected chi connectivity index (χ2v) is 9.80. The monoisotopic (exact) mass is 395 g/mol. The van der Waals surface area contributed by atoms with Gasteiger partial charge in [0.1, 0.15) is 5.75 Å². The Bertz CT molecular complexity index is 775. The molecule has 0 aromatic heterocycles. The zero-order valence-corrected chi connectivity index (χ0v) is 16.9. The average molecular weight is 396 g/mol. The quantitative estimate of drug-likeness (QED) is 0.771. The van der Waals surface area contributed by atoms with Crippen LogP contribution in [-0.4, -0.2) is 75.6 Å². The highest BCUT2D eigenvalue weighted by Gasteiger charge is 2.39. The smallest absolute Gasteiger partial charge is 0.234 e. The van der Waals surface area contributed by atoms with Gasteiger partial charge in [0, 0.05) is 26.2 Å². The van der Waals surface area contributed by atoms with Crippen molar-refractivity contribution in [3.8, 4) is 5.75 Å². The normalized spacial score (nSPS) is 25.3. The average Bonchev–Trinajstić information content (AvgIpc) is 2.89. The van der Waals surface area contributed by atoms with Crippen molar-refractivity contribution in [1.82, 2.24) is 10.2 Å². The van der Waals surface area contributed by atoms with Gasteiger partial charge < -0.3 is 15.0 Å². The van der Waals surface area contributed by atoms with Crippen LogP contribution in [0.3, 0.4) is 0 Å². The van der Waals surface area contributed by atoms with Gasteiger partial charge in [0.15, 0.2) is 9.84 Å². The Morgan fingerprint density at radius 2 is 1.93 bits per heavy atom. The SMILES string of the molecule is CCOc1ccccc1N1CCN(CC(=O)N[C@]2(C)CCS(=O)(=O)C2)CC1. The van der Waals surface area contributed by atoms with Gasteiger partial charge in [0.25, 0.3) is 0 Å². The zero-order valence-electron chi connectivity index (χ0n) is 16.1. The molecule has 0 unspecified atom stereocenters. The van der Waals surface area contributed by atoms with Crippen molar-refractivity contribution >= 4 is 21.4 Å². The van der Waals surface area contributed by atoms with Crippen LogP contribution in [0.1, 0.15) is 20.3 Å². The van der Waals surface area contributed by atoms with Crippen molar-refractivity contribution < 1.29 is 17.9 Å². The van der Waals surface area contributed by atoms with Gasteiger partial charge in [-0.3, -0.25) is 9.69 Å². The van der Waals surface area contributed by atoms with Crippen molar-refractivity contribution in [2.75, 3.05) is 55.7 Å². The van der Waals surface area contributed by atoms with Crippen LogP contribution in [0.2, 0.25) is 0 Å². The molecule has 1 atom stereocenters. The number of nitrogens with zero attached hydrogens (tertiary/aromatic N) is 2. The largest absolute Gasteiger partial charge is 0.492 e. The number of ether oxygens (including phenoxy) is 1. The molecule has 2 saturated heterocycles. The molecular weight excluding hydrogens is 366 g/mol. The Labute approximate surface area is 161 Å². The summed E-state index contributed by atoms with van der Waals surface area (Å²) in [5.74, 6) is 0.981. The first kappa shape index (κ1) is 19.9. The number of nitrogens with one attached hydrogen (secondary N) is 1. The summed E-state index contributed by atoms with van der Waals surface area (Å²) in [6.07, 6.45) is 0.489. The molecule has 2 aliphatic rings. The molecule has 0 radical (unpaired) electrons. The lowest BCUT2D eigenvalue weighted by atomic mass is 10.0. The van der Waals surface area contributed by atoms with Crippen LogP contribution in [0.4, 0.5) is 5.69 Å². The molecule has 2 aliphatic heterocycles. The molecule has 27 heavy (non-hydrogen) atoms. The number of amides is 1. The number of anilines is 1. The lowest BCUT2D eigenvalue weighted by molar-refractivity contribution is -0.123. The summed E-state index contributed by atoms with van der Waals surface area (Å²) in [5.41, 5.74) is 0.459. The van der Waals surface area contributed by atoms with Gasteiger partial charge in [0.05, 0.1) is 35.9 Å². The maximum atomic E-state index is 12.4. The Kier molecular flexibility index (Phi) is 5.95. The molecule has 8 heteroatoms. The first-order chi connectivity index (χ1) is 12.8. The second kappa shape index (κ2) is 8.06. The molecule has 1 aromatic rings. The molecule has 0 spiro atoms. The lowest BCUT2D eigenvalue weighted by Crippen LogP contribution is -2.53. The highest BCUT2D eigenvalue weighted by atomic mass is 32.2. The number of para-hydroxylation sites is 2. The Hall–Kier alpha value is -1.80. The number of piperazine rings is 1. The van der Waals surface area contributed by atoms with E-state index in [4.69, 9.17) is 4.74 Å². The lowest BCUT2D eigenvalue weighted by Gasteiger charge is -2.36. The first-order valence-electron chi connectivity index (χ1n) is 9.51. The second-order valence-electron chi connectivity index (χ2n) is 7.61. The number of benzene rings is 1. The van der Waals surface area contributed by atoms with Gasteiger partial charge in [0.2, 0.25) is 5.91 Å². The summed E-state index contributed by atoms with van der Waals surface area (Å²) in [6.45, 7) is 7.93. The molecule has 1 amide bonds. The summed E-state index contributed by atoms with van der Waals surface area (Å²) in [5, 5.41) is 2.93. The van der Waals surface area contributed by atoms with Crippen molar-refractivity contribution in [3.05, 3.63) is 24.3 Å². The molecule has 2 heterocycles. The summed E-state index contributed by atoms with van der Waals surface area (Å²) >= 11 is 0. The molecular formula is C19H29N3O4S. The predicted molar refractivity (Wildman–Crippen MR) is 106 cm³/mol. The fourth-order valence-corrected chi connectivity index (χ4v) is 5.92. The first-order valence-corrected chi connectivity index (χ1v) is 11.3. The van der Waals surface area contributed by atoms with Crippen LogP contribution in [0.5, 0.6) is 5.75 Å². The van der Waals surface area contributed by atoms with E-state index in [1.54, 1.807) is 0 Å². The molecule has 150 valence electrons. The van der Waals surface area contributed by atoms with Crippen LogP contribution in [-0.2, 0) is 14.6 Å². The topological polar surface area (TPSA) is 79.0 Å². The van der Waals surface area contributed by atoms with E-state index in [0.717, 1.165) is 37.6 Å². The fourth-order valence-electron chi connectivity index (χ4n) is 3.83. The van der Waals surface area contributed by atoms with E-state index in [-0.39, 0.29) is 17.4 Å². The third-order valence-electron chi connectivity index (χ3n) is 5.19. The van der Waals surface area contributed by atoms with E-state index < -0.39 is 15.4 Å². The van der Waals surface area contributed by atoms with Gasteiger partial charge in [-0.25, -0.2) is 8.42 Å². The number of hydrogen-bond acceptors (Lipinski definition) is 6. The van der Waals surface area contributed by atoms with Crippen molar-refractivity contribution in [2.24, 2.45) is 0 Å². The summed E-state index contributed by atoms with van der Waals surface area (Å²) in [6, 6.07) is 8.02. The number of rotatable bonds is 6. The van der Waals surface area contributed by atoms with Crippen LogP contribution in [0, 0.1) is 0 Å². The predicted octanol–water partition coefficient (Wildman–Crippen LogP) is 0.901. The summed E-state index contributed by atoms with van der Waals surface area (Å²) < 4.78 is 29.1. The van der Waals surface area contributed by atoms with E-state index in [0.29, 0.717) is 19.6 Å².